The minimum Gasteiger partial charge on any atom is -0.385 e. The molecule has 0 aromatic heterocycles. The highest BCUT2D eigenvalue weighted by Gasteiger charge is 2.15. The van der Waals surface area contributed by atoms with Crippen molar-refractivity contribution in [1.82, 2.24) is 0 Å². The van der Waals surface area contributed by atoms with Crippen molar-refractivity contribution in [2.75, 3.05) is 23.3 Å². The molecule has 1 aliphatic rings. The zero-order valence-corrected chi connectivity index (χ0v) is 13.0. The number of para-hydroxylation sites is 1. The van der Waals surface area contributed by atoms with Crippen LogP contribution in [0.1, 0.15) is 30.0 Å². The van der Waals surface area contributed by atoms with Gasteiger partial charge < -0.3 is 10.2 Å². The molecule has 0 radical (unpaired) electrons. The van der Waals surface area contributed by atoms with Gasteiger partial charge in [-0.05, 0) is 55.5 Å². The lowest BCUT2D eigenvalue weighted by Gasteiger charge is -2.28. The van der Waals surface area contributed by atoms with Gasteiger partial charge in [0.15, 0.2) is 0 Å². The smallest absolute Gasteiger partial charge is 0.0432 e. The summed E-state index contributed by atoms with van der Waals surface area (Å²) in [6.07, 6.45) is 2.43. The third kappa shape index (κ3) is 2.90. The summed E-state index contributed by atoms with van der Waals surface area (Å²) >= 11 is 0. The molecule has 0 aliphatic carbocycles. The lowest BCUT2D eigenvalue weighted by atomic mass is 9.97. The Morgan fingerprint density at radius 1 is 1.10 bits per heavy atom. The largest absolute Gasteiger partial charge is 0.385 e. The number of nitrogens with one attached hydrogen (secondary N) is 1. The third-order valence-corrected chi connectivity index (χ3v) is 4.39. The molecule has 0 saturated heterocycles. The molecule has 2 heteroatoms. The molecule has 0 saturated carbocycles. The molecule has 0 atom stereocenters. The SMILES string of the molecule is CCN(Cc1cccc2c1CCCN2)c1ccccc1C. The van der Waals surface area contributed by atoms with Gasteiger partial charge in [-0.3, -0.25) is 0 Å². The highest BCUT2D eigenvalue weighted by Crippen LogP contribution is 2.28. The number of anilines is 2. The maximum Gasteiger partial charge on any atom is 0.0432 e. The summed E-state index contributed by atoms with van der Waals surface area (Å²) in [6.45, 7) is 7.56. The molecule has 1 aliphatic heterocycles. The normalized spacial score (nSPS) is 13.4. The summed E-state index contributed by atoms with van der Waals surface area (Å²) in [5.74, 6) is 0. The van der Waals surface area contributed by atoms with E-state index in [-0.39, 0.29) is 0 Å². The highest BCUT2D eigenvalue weighted by molar-refractivity contribution is 5.59. The van der Waals surface area contributed by atoms with Crippen molar-refractivity contribution in [2.45, 2.75) is 33.2 Å². The van der Waals surface area contributed by atoms with Crippen LogP contribution < -0.4 is 10.2 Å². The monoisotopic (exact) mass is 280 g/mol. The van der Waals surface area contributed by atoms with E-state index in [9.17, 15) is 0 Å². The van der Waals surface area contributed by atoms with E-state index in [0.717, 1.165) is 19.6 Å². The Morgan fingerprint density at radius 3 is 2.76 bits per heavy atom. The molecule has 0 fully saturated rings. The van der Waals surface area contributed by atoms with Crippen molar-refractivity contribution in [3.63, 3.8) is 0 Å². The lowest BCUT2D eigenvalue weighted by Crippen LogP contribution is -2.24. The van der Waals surface area contributed by atoms with Gasteiger partial charge >= 0.3 is 0 Å². The number of fused-ring (bicyclic) bond motifs is 1. The number of nitrogens with zero attached hydrogens (tertiary/aromatic N) is 1. The highest BCUT2D eigenvalue weighted by atomic mass is 15.1. The first-order valence-corrected chi connectivity index (χ1v) is 7.95. The molecule has 2 nitrogen and oxygen atoms in total. The van der Waals surface area contributed by atoms with Crippen molar-refractivity contribution in [3.05, 3.63) is 59.2 Å². The first-order chi connectivity index (χ1) is 10.3. The molecule has 0 amide bonds. The van der Waals surface area contributed by atoms with E-state index in [2.05, 4.69) is 66.5 Å². The number of benzene rings is 2. The summed E-state index contributed by atoms with van der Waals surface area (Å²) in [4.78, 5) is 2.47. The average molecular weight is 280 g/mol. The van der Waals surface area contributed by atoms with E-state index < -0.39 is 0 Å². The van der Waals surface area contributed by atoms with E-state index >= 15 is 0 Å². The second kappa shape index (κ2) is 6.21. The van der Waals surface area contributed by atoms with E-state index in [1.807, 2.05) is 0 Å². The maximum atomic E-state index is 3.53. The van der Waals surface area contributed by atoms with Gasteiger partial charge in [-0.1, -0.05) is 30.3 Å². The van der Waals surface area contributed by atoms with Crippen LogP contribution in [0, 0.1) is 6.92 Å². The zero-order valence-electron chi connectivity index (χ0n) is 13.0. The molecule has 1 N–H and O–H groups in total. The van der Waals surface area contributed by atoms with Crippen molar-refractivity contribution in [1.29, 1.82) is 0 Å². The fourth-order valence-electron chi connectivity index (χ4n) is 3.22. The molecular formula is C19H24N2. The molecule has 21 heavy (non-hydrogen) atoms. The van der Waals surface area contributed by atoms with Crippen LogP contribution in [0.5, 0.6) is 0 Å². The summed E-state index contributed by atoms with van der Waals surface area (Å²) < 4.78 is 0. The van der Waals surface area contributed by atoms with E-state index in [1.165, 1.54) is 40.9 Å². The Labute approximate surface area is 127 Å². The second-order valence-electron chi connectivity index (χ2n) is 5.77. The summed E-state index contributed by atoms with van der Waals surface area (Å²) in [5.41, 5.74) is 7.00. The minimum atomic E-state index is 0.992. The number of hydrogen-bond acceptors (Lipinski definition) is 2. The van der Waals surface area contributed by atoms with Crippen molar-refractivity contribution >= 4 is 11.4 Å². The van der Waals surface area contributed by atoms with Crippen LogP contribution >= 0.6 is 0 Å². The minimum absolute atomic E-state index is 0.992. The molecule has 1 heterocycles. The zero-order chi connectivity index (χ0) is 14.7. The fraction of sp³-hybridized carbons (Fsp3) is 0.368. The average Bonchev–Trinajstić information content (AvgIpc) is 2.53. The van der Waals surface area contributed by atoms with Crippen molar-refractivity contribution in [2.24, 2.45) is 0 Å². The van der Waals surface area contributed by atoms with Crippen LogP contribution in [-0.4, -0.2) is 13.1 Å². The molecule has 2 aromatic rings. The van der Waals surface area contributed by atoms with Crippen LogP contribution in [-0.2, 0) is 13.0 Å². The Morgan fingerprint density at radius 2 is 1.95 bits per heavy atom. The van der Waals surface area contributed by atoms with Gasteiger partial charge in [0.1, 0.15) is 0 Å². The van der Waals surface area contributed by atoms with Gasteiger partial charge in [0.05, 0.1) is 0 Å². The Kier molecular flexibility index (Phi) is 4.14. The second-order valence-corrected chi connectivity index (χ2v) is 5.77. The van der Waals surface area contributed by atoms with Crippen LogP contribution in [0.4, 0.5) is 11.4 Å². The summed E-state index contributed by atoms with van der Waals surface area (Å²) in [7, 11) is 0. The van der Waals surface area contributed by atoms with Crippen LogP contribution in [0.25, 0.3) is 0 Å². The van der Waals surface area contributed by atoms with Crippen molar-refractivity contribution in [3.8, 4) is 0 Å². The number of rotatable bonds is 4. The van der Waals surface area contributed by atoms with Gasteiger partial charge in [0.25, 0.3) is 0 Å². The Balaban J connectivity index is 1.90. The first-order valence-electron chi connectivity index (χ1n) is 7.95. The summed E-state index contributed by atoms with van der Waals surface area (Å²) in [5, 5.41) is 3.53. The van der Waals surface area contributed by atoms with Gasteiger partial charge in [-0.2, -0.15) is 0 Å². The lowest BCUT2D eigenvalue weighted by molar-refractivity contribution is 0.782. The van der Waals surface area contributed by atoms with Crippen LogP contribution in [0.2, 0.25) is 0 Å². The molecule has 3 rings (SSSR count). The molecule has 0 spiro atoms. The Hall–Kier alpha value is -1.96. The fourth-order valence-corrected chi connectivity index (χ4v) is 3.22. The number of hydrogen-bond donors (Lipinski definition) is 1. The standard InChI is InChI=1S/C19H24N2/c1-3-21(19-12-5-4-8-15(19)2)14-16-9-6-11-18-17(16)10-7-13-20-18/h4-6,8-9,11-12,20H,3,7,10,13-14H2,1-2H3. The Bertz CT molecular complexity index is 619. The van der Waals surface area contributed by atoms with Crippen molar-refractivity contribution < 1.29 is 0 Å². The molecule has 2 aromatic carbocycles. The third-order valence-electron chi connectivity index (χ3n) is 4.39. The topological polar surface area (TPSA) is 15.3 Å². The van der Waals surface area contributed by atoms with Gasteiger partial charge in [-0.15, -0.1) is 0 Å². The predicted molar refractivity (Wildman–Crippen MR) is 91.2 cm³/mol. The van der Waals surface area contributed by atoms with E-state index in [4.69, 9.17) is 0 Å². The maximum absolute atomic E-state index is 3.53. The van der Waals surface area contributed by atoms with Gasteiger partial charge in [0.2, 0.25) is 0 Å². The molecule has 0 bridgehead atoms. The van der Waals surface area contributed by atoms with Gasteiger partial charge in [0, 0.05) is 31.0 Å². The molecule has 0 unspecified atom stereocenters. The van der Waals surface area contributed by atoms with Crippen LogP contribution in [0.15, 0.2) is 42.5 Å². The number of aryl methyl sites for hydroxylation is 1. The summed E-state index contributed by atoms with van der Waals surface area (Å²) in [6, 6.07) is 15.3. The van der Waals surface area contributed by atoms with Crippen LogP contribution in [0.3, 0.4) is 0 Å². The molecule has 110 valence electrons. The van der Waals surface area contributed by atoms with E-state index in [1.54, 1.807) is 0 Å². The first kappa shape index (κ1) is 14.0. The van der Waals surface area contributed by atoms with Gasteiger partial charge in [-0.25, -0.2) is 0 Å². The van der Waals surface area contributed by atoms with E-state index in [0.29, 0.717) is 0 Å². The quantitative estimate of drug-likeness (QED) is 0.894. The molecular weight excluding hydrogens is 256 g/mol. The predicted octanol–water partition coefficient (Wildman–Crippen LogP) is 4.38.